The second-order valence-electron chi connectivity index (χ2n) is 8.86. The number of rotatable bonds is 21. The molecule has 0 spiro atoms. The zero-order valence-electron chi connectivity index (χ0n) is 19.6. The second-order valence-corrected chi connectivity index (χ2v) is 8.86. The summed E-state index contributed by atoms with van der Waals surface area (Å²) in [6, 6.07) is 0. The van der Waals surface area contributed by atoms with Crippen molar-refractivity contribution in [1.82, 2.24) is 0 Å². The van der Waals surface area contributed by atoms with Gasteiger partial charge in [0.15, 0.2) is 6.29 Å². The number of hydrogen-bond acceptors (Lipinski definition) is 7. The summed E-state index contributed by atoms with van der Waals surface area (Å²) >= 11 is 0. The Hall–Kier alpha value is -0.280. The molecule has 1 saturated heterocycles. The molecule has 0 aromatic heterocycles. The Morgan fingerprint density at radius 2 is 1.26 bits per heavy atom. The van der Waals surface area contributed by atoms with Crippen molar-refractivity contribution in [2.24, 2.45) is 0 Å². The highest BCUT2D eigenvalue weighted by atomic mass is 16.7. The van der Waals surface area contributed by atoms with Crippen molar-refractivity contribution in [1.29, 1.82) is 0 Å². The van der Waals surface area contributed by atoms with Crippen LogP contribution in [0, 0.1) is 0 Å². The van der Waals surface area contributed by atoms with Gasteiger partial charge in [0.1, 0.15) is 24.4 Å². The van der Waals surface area contributed by atoms with Crippen LogP contribution in [0.3, 0.4) is 0 Å². The Morgan fingerprint density at radius 1 is 0.742 bits per heavy atom. The van der Waals surface area contributed by atoms with Gasteiger partial charge < -0.3 is 34.6 Å². The molecule has 4 N–H and O–H groups in total. The Kier molecular flexibility index (Phi) is 17.8. The van der Waals surface area contributed by atoms with E-state index in [1.54, 1.807) is 0 Å². The summed E-state index contributed by atoms with van der Waals surface area (Å²) < 4.78 is 16.0. The van der Waals surface area contributed by atoms with Gasteiger partial charge in [-0.2, -0.15) is 0 Å². The maximum atomic E-state index is 9.90. The molecule has 1 heterocycles. The standard InChI is InChI=1S/C24H48O7/c1-2-3-4-5-6-7-8-9-10-11-12-13-14-15-16-29-18-20(26)19-30-24-23(28)22(27)21(17-25)31-24/h20-28H,2-19H2,1H3. The lowest BCUT2D eigenvalue weighted by Crippen LogP contribution is -2.36. The predicted molar refractivity (Wildman–Crippen MR) is 121 cm³/mol. The molecule has 0 aliphatic carbocycles. The quantitative estimate of drug-likeness (QED) is 0.200. The lowest BCUT2D eigenvalue weighted by molar-refractivity contribution is -0.184. The highest BCUT2D eigenvalue weighted by Crippen LogP contribution is 2.22. The average molecular weight is 449 g/mol. The first-order valence-electron chi connectivity index (χ1n) is 12.6. The fourth-order valence-corrected chi connectivity index (χ4v) is 3.88. The highest BCUT2D eigenvalue weighted by Gasteiger charge is 2.43. The van der Waals surface area contributed by atoms with Crippen LogP contribution in [0.1, 0.15) is 96.8 Å². The smallest absolute Gasteiger partial charge is 0.186 e. The molecule has 0 radical (unpaired) electrons. The van der Waals surface area contributed by atoms with Crippen LogP contribution in [0.5, 0.6) is 0 Å². The fourth-order valence-electron chi connectivity index (χ4n) is 3.88. The maximum Gasteiger partial charge on any atom is 0.186 e. The minimum Gasteiger partial charge on any atom is -0.394 e. The third-order valence-corrected chi connectivity index (χ3v) is 5.90. The van der Waals surface area contributed by atoms with Gasteiger partial charge in [0.2, 0.25) is 0 Å². The van der Waals surface area contributed by atoms with Crippen molar-refractivity contribution >= 4 is 0 Å². The highest BCUT2D eigenvalue weighted by molar-refractivity contribution is 4.86. The molecule has 1 rings (SSSR count). The largest absolute Gasteiger partial charge is 0.394 e. The molecule has 0 aromatic carbocycles. The van der Waals surface area contributed by atoms with Gasteiger partial charge in [-0.25, -0.2) is 0 Å². The number of unbranched alkanes of at least 4 members (excludes halogenated alkanes) is 13. The van der Waals surface area contributed by atoms with Crippen molar-refractivity contribution in [2.75, 3.05) is 26.4 Å². The van der Waals surface area contributed by atoms with Gasteiger partial charge in [-0.1, -0.05) is 90.4 Å². The number of hydrogen-bond donors (Lipinski definition) is 4. The van der Waals surface area contributed by atoms with Gasteiger partial charge in [0.25, 0.3) is 0 Å². The van der Waals surface area contributed by atoms with Gasteiger partial charge in [0, 0.05) is 6.61 Å². The van der Waals surface area contributed by atoms with Crippen LogP contribution in [-0.4, -0.2) is 77.6 Å². The summed E-state index contributed by atoms with van der Waals surface area (Å²) in [6.45, 7) is 2.57. The topological polar surface area (TPSA) is 109 Å². The van der Waals surface area contributed by atoms with Crippen molar-refractivity contribution in [3.8, 4) is 0 Å². The maximum absolute atomic E-state index is 9.90. The number of aliphatic hydroxyl groups is 4. The Balaban J connectivity index is 1.82. The van der Waals surface area contributed by atoms with E-state index in [-0.39, 0.29) is 13.2 Å². The molecule has 0 aromatic rings. The summed E-state index contributed by atoms with van der Waals surface area (Å²) in [5.74, 6) is 0. The molecule has 1 aliphatic rings. The molecule has 0 amide bonds. The van der Waals surface area contributed by atoms with E-state index in [2.05, 4.69) is 6.92 Å². The van der Waals surface area contributed by atoms with Gasteiger partial charge in [-0.15, -0.1) is 0 Å². The van der Waals surface area contributed by atoms with E-state index in [0.717, 1.165) is 12.8 Å². The van der Waals surface area contributed by atoms with E-state index in [4.69, 9.17) is 19.3 Å². The molecule has 186 valence electrons. The van der Waals surface area contributed by atoms with Crippen LogP contribution in [0.4, 0.5) is 0 Å². The van der Waals surface area contributed by atoms with Crippen LogP contribution in [0.25, 0.3) is 0 Å². The second kappa shape index (κ2) is 19.2. The monoisotopic (exact) mass is 448 g/mol. The van der Waals surface area contributed by atoms with Gasteiger partial charge in [0.05, 0.1) is 19.8 Å². The van der Waals surface area contributed by atoms with E-state index in [1.165, 1.54) is 77.0 Å². The molecular formula is C24H48O7. The number of ether oxygens (including phenoxy) is 3. The molecule has 0 saturated carbocycles. The summed E-state index contributed by atoms with van der Waals surface area (Å²) in [5.41, 5.74) is 0. The van der Waals surface area contributed by atoms with Crippen LogP contribution in [-0.2, 0) is 14.2 Å². The minimum atomic E-state index is -1.24. The first-order chi connectivity index (χ1) is 15.1. The van der Waals surface area contributed by atoms with Gasteiger partial charge in [-0.05, 0) is 6.42 Å². The summed E-state index contributed by atoms with van der Waals surface area (Å²) in [5, 5.41) is 38.4. The first kappa shape index (κ1) is 28.8. The van der Waals surface area contributed by atoms with Gasteiger partial charge in [-0.3, -0.25) is 0 Å². The van der Waals surface area contributed by atoms with E-state index in [1.807, 2.05) is 0 Å². The normalized spacial score (nSPS) is 24.7. The van der Waals surface area contributed by atoms with Crippen LogP contribution in [0.15, 0.2) is 0 Å². The molecule has 7 nitrogen and oxygen atoms in total. The van der Waals surface area contributed by atoms with Crippen LogP contribution < -0.4 is 0 Å². The summed E-state index contributed by atoms with van der Waals surface area (Å²) in [4.78, 5) is 0. The summed E-state index contributed by atoms with van der Waals surface area (Å²) in [7, 11) is 0. The van der Waals surface area contributed by atoms with E-state index in [0.29, 0.717) is 6.61 Å². The minimum absolute atomic E-state index is 0.0642. The van der Waals surface area contributed by atoms with Crippen LogP contribution in [0.2, 0.25) is 0 Å². The van der Waals surface area contributed by atoms with Crippen LogP contribution >= 0.6 is 0 Å². The van der Waals surface area contributed by atoms with Gasteiger partial charge >= 0.3 is 0 Å². The van der Waals surface area contributed by atoms with Crippen molar-refractivity contribution in [3.63, 3.8) is 0 Å². The molecule has 7 heteroatoms. The Labute approximate surface area is 189 Å². The third-order valence-electron chi connectivity index (χ3n) is 5.90. The molecule has 5 atom stereocenters. The Morgan fingerprint density at radius 3 is 1.74 bits per heavy atom. The lowest BCUT2D eigenvalue weighted by Gasteiger charge is -2.18. The predicted octanol–water partition coefficient (Wildman–Crippen LogP) is 3.30. The first-order valence-corrected chi connectivity index (χ1v) is 12.6. The summed E-state index contributed by atoms with van der Waals surface area (Å²) in [6.07, 6.45) is 13.3. The van der Waals surface area contributed by atoms with E-state index < -0.39 is 37.3 Å². The molecule has 1 aliphatic heterocycles. The van der Waals surface area contributed by atoms with Crippen molar-refractivity contribution in [3.05, 3.63) is 0 Å². The Bertz CT molecular complexity index is 396. The average Bonchev–Trinajstić information content (AvgIpc) is 3.05. The zero-order chi connectivity index (χ0) is 22.7. The molecule has 0 bridgehead atoms. The third kappa shape index (κ3) is 13.8. The van der Waals surface area contributed by atoms with Crippen molar-refractivity contribution < 1.29 is 34.6 Å². The molecular weight excluding hydrogens is 400 g/mol. The number of aliphatic hydroxyl groups excluding tert-OH is 4. The molecule has 31 heavy (non-hydrogen) atoms. The van der Waals surface area contributed by atoms with Crippen molar-refractivity contribution in [2.45, 2.75) is 128 Å². The van der Waals surface area contributed by atoms with E-state index >= 15 is 0 Å². The lowest BCUT2D eigenvalue weighted by atomic mass is 10.0. The zero-order valence-corrected chi connectivity index (χ0v) is 19.6. The van der Waals surface area contributed by atoms with E-state index in [9.17, 15) is 15.3 Å². The molecule has 1 fully saturated rings. The SMILES string of the molecule is CCCCCCCCCCCCCCCCOCC(O)COC1OC(CO)C(O)C1O. The molecule has 5 unspecified atom stereocenters. The fraction of sp³-hybridized carbons (Fsp3) is 1.00.